The number of rotatable bonds is 6. The van der Waals surface area contributed by atoms with Crippen LogP contribution >= 0.6 is 0 Å². The Bertz CT molecular complexity index is 1100. The third kappa shape index (κ3) is 6.21. The molecule has 8 heteroatoms. The third-order valence-electron chi connectivity index (χ3n) is 5.94. The van der Waals surface area contributed by atoms with E-state index < -0.39 is 15.4 Å². The average Bonchev–Trinajstić information content (AvgIpc) is 2.78. The van der Waals surface area contributed by atoms with E-state index >= 15 is 0 Å². The van der Waals surface area contributed by atoms with Gasteiger partial charge in [0.15, 0.2) is 0 Å². The van der Waals surface area contributed by atoms with Gasteiger partial charge in [0, 0.05) is 35.4 Å². The van der Waals surface area contributed by atoms with Gasteiger partial charge in [-0.2, -0.15) is 4.31 Å². The summed E-state index contributed by atoms with van der Waals surface area (Å²) in [7, 11) is -1.97. The van der Waals surface area contributed by atoms with Crippen LogP contribution in [-0.2, 0) is 14.8 Å². The quantitative estimate of drug-likeness (QED) is 0.628. The Morgan fingerprint density at radius 3 is 2.06 bits per heavy atom. The smallest absolute Gasteiger partial charge is 0.255 e. The largest absolute Gasteiger partial charge is 0.326 e. The maximum Gasteiger partial charge on any atom is 0.255 e. The zero-order chi connectivity index (χ0) is 24.2. The maximum absolute atomic E-state index is 13.0. The molecule has 0 bridgehead atoms. The van der Waals surface area contributed by atoms with E-state index in [1.54, 1.807) is 31.3 Å². The van der Waals surface area contributed by atoms with Crippen LogP contribution in [0.5, 0.6) is 0 Å². The fraction of sp³-hybridized carbons (Fsp3) is 0.440. The van der Waals surface area contributed by atoms with E-state index in [-0.39, 0.29) is 22.8 Å². The molecule has 2 aromatic rings. The van der Waals surface area contributed by atoms with Gasteiger partial charge in [-0.1, -0.05) is 46.1 Å². The number of benzene rings is 2. The minimum absolute atomic E-state index is 0.0257. The first-order valence-corrected chi connectivity index (χ1v) is 12.7. The fourth-order valence-corrected chi connectivity index (χ4v) is 5.20. The molecule has 1 saturated carbocycles. The molecule has 7 nitrogen and oxygen atoms in total. The lowest BCUT2D eigenvalue weighted by Crippen LogP contribution is -2.38. The molecule has 1 aliphatic carbocycles. The summed E-state index contributed by atoms with van der Waals surface area (Å²) in [6.45, 7) is 5.47. The van der Waals surface area contributed by atoms with Crippen molar-refractivity contribution in [2.45, 2.75) is 63.8 Å². The number of amides is 2. The lowest BCUT2D eigenvalue weighted by atomic mass is 9.95. The Kier molecular flexibility index (Phi) is 7.59. The highest BCUT2D eigenvalue weighted by Crippen LogP contribution is 2.27. The predicted octanol–water partition coefficient (Wildman–Crippen LogP) is 4.88. The van der Waals surface area contributed by atoms with Gasteiger partial charge in [0.1, 0.15) is 0 Å². The molecule has 2 amide bonds. The van der Waals surface area contributed by atoms with Crippen molar-refractivity contribution in [2.24, 2.45) is 5.41 Å². The van der Waals surface area contributed by atoms with Gasteiger partial charge in [-0.3, -0.25) is 9.59 Å². The van der Waals surface area contributed by atoms with E-state index in [9.17, 15) is 18.0 Å². The van der Waals surface area contributed by atoms with Crippen molar-refractivity contribution in [2.75, 3.05) is 17.7 Å². The van der Waals surface area contributed by atoms with Gasteiger partial charge in [0.25, 0.3) is 5.91 Å². The zero-order valence-electron chi connectivity index (χ0n) is 19.7. The third-order valence-corrected chi connectivity index (χ3v) is 7.87. The van der Waals surface area contributed by atoms with Crippen LogP contribution in [0.25, 0.3) is 0 Å². The molecule has 178 valence electrons. The van der Waals surface area contributed by atoms with Crippen LogP contribution in [0.3, 0.4) is 0 Å². The molecule has 2 aromatic carbocycles. The number of nitrogens with zero attached hydrogens (tertiary/aromatic N) is 1. The summed E-state index contributed by atoms with van der Waals surface area (Å²) in [4.78, 5) is 25.1. The summed E-state index contributed by atoms with van der Waals surface area (Å²) in [6.07, 6.45) is 5.01. The molecule has 0 atom stereocenters. The first-order chi connectivity index (χ1) is 15.5. The molecule has 0 heterocycles. The van der Waals surface area contributed by atoms with Crippen LogP contribution in [0, 0.1) is 5.41 Å². The van der Waals surface area contributed by atoms with Crippen LogP contribution in [0.4, 0.5) is 11.4 Å². The van der Waals surface area contributed by atoms with E-state index in [0.29, 0.717) is 16.9 Å². The second-order valence-corrected chi connectivity index (χ2v) is 11.6. The fourth-order valence-electron chi connectivity index (χ4n) is 3.78. The monoisotopic (exact) mass is 471 g/mol. The van der Waals surface area contributed by atoms with Crippen molar-refractivity contribution in [3.63, 3.8) is 0 Å². The summed E-state index contributed by atoms with van der Waals surface area (Å²) in [5, 5.41) is 5.63. The lowest BCUT2D eigenvalue weighted by molar-refractivity contribution is -0.123. The highest BCUT2D eigenvalue weighted by Gasteiger charge is 2.29. The number of nitrogens with one attached hydrogen (secondary N) is 2. The number of sulfonamides is 1. The van der Waals surface area contributed by atoms with Crippen molar-refractivity contribution in [1.29, 1.82) is 0 Å². The van der Waals surface area contributed by atoms with Gasteiger partial charge < -0.3 is 10.6 Å². The molecule has 3 rings (SSSR count). The molecule has 1 fully saturated rings. The minimum Gasteiger partial charge on any atom is -0.326 e. The Hall–Kier alpha value is -2.71. The standard InChI is InChI=1S/C25H33N3O4S/c1-25(2,3)24(30)27-20-10-8-9-19(17-20)26-23(29)18-13-15-22(16-14-18)33(31,32)28(4)21-11-6-5-7-12-21/h8-10,13-17,21H,5-7,11-12H2,1-4H3,(H,26,29)(H,27,30). The topological polar surface area (TPSA) is 95.6 Å². The first kappa shape index (κ1) is 24.9. The highest BCUT2D eigenvalue weighted by molar-refractivity contribution is 7.89. The second-order valence-electron chi connectivity index (χ2n) is 9.58. The van der Waals surface area contributed by atoms with Crippen LogP contribution in [-0.4, -0.2) is 37.6 Å². The molecule has 0 saturated heterocycles. The van der Waals surface area contributed by atoms with Crippen LogP contribution < -0.4 is 10.6 Å². The van der Waals surface area contributed by atoms with Gasteiger partial charge in [-0.25, -0.2) is 8.42 Å². The van der Waals surface area contributed by atoms with E-state index in [1.165, 1.54) is 28.6 Å². The van der Waals surface area contributed by atoms with Gasteiger partial charge >= 0.3 is 0 Å². The van der Waals surface area contributed by atoms with Crippen molar-refractivity contribution < 1.29 is 18.0 Å². The molecule has 0 aromatic heterocycles. The molecule has 0 unspecified atom stereocenters. The minimum atomic E-state index is -3.61. The second kappa shape index (κ2) is 10.1. The van der Waals surface area contributed by atoms with Gasteiger partial charge in [-0.15, -0.1) is 0 Å². The number of hydrogen-bond donors (Lipinski definition) is 2. The van der Waals surface area contributed by atoms with E-state index in [4.69, 9.17) is 0 Å². The Morgan fingerprint density at radius 2 is 1.48 bits per heavy atom. The highest BCUT2D eigenvalue weighted by atomic mass is 32.2. The van der Waals surface area contributed by atoms with E-state index in [0.717, 1.165) is 32.1 Å². The van der Waals surface area contributed by atoms with Crippen molar-refractivity contribution in [3.05, 3.63) is 54.1 Å². The zero-order valence-corrected chi connectivity index (χ0v) is 20.5. The normalized spacial score (nSPS) is 15.3. The van der Waals surface area contributed by atoms with Crippen LogP contribution in [0.15, 0.2) is 53.4 Å². The van der Waals surface area contributed by atoms with Crippen molar-refractivity contribution in [3.8, 4) is 0 Å². The Labute approximate surface area is 196 Å². The van der Waals surface area contributed by atoms with Crippen LogP contribution in [0.1, 0.15) is 63.2 Å². The summed E-state index contributed by atoms with van der Waals surface area (Å²) >= 11 is 0. The number of carbonyl (C=O) groups is 2. The van der Waals surface area contributed by atoms with Crippen molar-refractivity contribution in [1.82, 2.24) is 4.31 Å². The molecule has 33 heavy (non-hydrogen) atoms. The first-order valence-electron chi connectivity index (χ1n) is 11.3. The molecule has 1 aliphatic rings. The molecule has 0 aliphatic heterocycles. The van der Waals surface area contributed by atoms with Gasteiger partial charge in [0.2, 0.25) is 15.9 Å². The van der Waals surface area contributed by atoms with E-state index in [1.807, 2.05) is 20.8 Å². The maximum atomic E-state index is 13.0. The molecule has 0 radical (unpaired) electrons. The summed E-state index contributed by atoms with van der Waals surface area (Å²) in [5.41, 5.74) is 0.922. The SMILES string of the molecule is CN(C1CCCCC1)S(=O)(=O)c1ccc(C(=O)Nc2cccc(NC(=O)C(C)(C)C)c2)cc1. The predicted molar refractivity (Wildman–Crippen MR) is 131 cm³/mol. The van der Waals surface area contributed by atoms with Crippen molar-refractivity contribution >= 4 is 33.2 Å². The van der Waals surface area contributed by atoms with Crippen LogP contribution in [0.2, 0.25) is 0 Å². The average molecular weight is 472 g/mol. The van der Waals surface area contributed by atoms with Gasteiger partial charge in [-0.05, 0) is 55.3 Å². The van der Waals surface area contributed by atoms with Gasteiger partial charge in [0.05, 0.1) is 4.90 Å². The summed E-state index contributed by atoms with van der Waals surface area (Å²) in [6, 6.07) is 12.9. The summed E-state index contributed by atoms with van der Waals surface area (Å²) in [5.74, 6) is -0.486. The molecular formula is C25H33N3O4S. The molecule has 0 spiro atoms. The summed E-state index contributed by atoms with van der Waals surface area (Å²) < 4.78 is 27.5. The number of carbonyl (C=O) groups excluding carboxylic acids is 2. The molecular weight excluding hydrogens is 438 g/mol. The lowest BCUT2D eigenvalue weighted by Gasteiger charge is -2.30. The van der Waals surface area contributed by atoms with E-state index in [2.05, 4.69) is 10.6 Å². The molecule has 2 N–H and O–H groups in total. The Balaban J connectivity index is 1.68. The number of anilines is 2. The Morgan fingerprint density at radius 1 is 0.909 bits per heavy atom. The number of hydrogen-bond acceptors (Lipinski definition) is 4.